The minimum atomic E-state index is 0.434. The van der Waals surface area contributed by atoms with Crippen LogP contribution >= 0.6 is 0 Å². The van der Waals surface area contributed by atoms with Gasteiger partial charge < -0.3 is 10.1 Å². The van der Waals surface area contributed by atoms with Crippen molar-refractivity contribution in [3.8, 4) is 17.1 Å². The summed E-state index contributed by atoms with van der Waals surface area (Å²) in [6.07, 6.45) is 9.93. The summed E-state index contributed by atoms with van der Waals surface area (Å²) in [5.41, 5.74) is 2.56. The second-order valence-corrected chi connectivity index (χ2v) is 7.51. The maximum atomic E-state index is 5.28. The van der Waals surface area contributed by atoms with E-state index in [0.717, 1.165) is 34.5 Å². The first-order chi connectivity index (χ1) is 13.2. The van der Waals surface area contributed by atoms with Gasteiger partial charge in [-0.05, 0) is 44.8 Å². The molecular weight excluding hydrogens is 340 g/mol. The second kappa shape index (κ2) is 6.49. The molecule has 0 spiro atoms. The summed E-state index contributed by atoms with van der Waals surface area (Å²) in [5, 5.41) is 3.67. The molecule has 140 valence electrons. The van der Waals surface area contributed by atoms with Crippen molar-refractivity contribution in [2.45, 2.75) is 31.8 Å². The van der Waals surface area contributed by atoms with Crippen molar-refractivity contribution in [1.82, 2.24) is 24.3 Å². The number of aromatic nitrogens is 4. The third-order valence-corrected chi connectivity index (χ3v) is 6.11. The topological polar surface area (TPSA) is 67.6 Å². The van der Waals surface area contributed by atoms with Gasteiger partial charge in [-0.2, -0.15) is 0 Å². The predicted octanol–water partition coefficient (Wildman–Crippen LogP) is 2.69. The predicted molar refractivity (Wildman–Crippen MR) is 104 cm³/mol. The molecule has 2 atom stereocenters. The minimum absolute atomic E-state index is 0.434. The molecular formula is C20H24N6O. The molecule has 7 heteroatoms. The van der Waals surface area contributed by atoms with Gasteiger partial charge in [0.1, 0.15) is 22.9 Å². The van der Waals surface area contributed by atoms with E-state index in [1.807, 2.05) is 35.1 Å². The average molecular weight is 364 g/mol. The highest BCUT2D eigenvalue weighted by Gasteiger charge is 2.39. The Labute approximate surface area is 158 Å². The molecule has 2 bridgehead atoms. The molecule has 0 unspecified atom stereocenters. The van der Waals surface area contributed by atoms with Crippen molar-refractivity contribution in [3.63, 3.8) is 0 Å². The fraction of sp³-hybridized carbons (Fsp3) is 0.450. The minimum Gasteiger partial charge on any atom is -0.497 e. The molecule has 3 aromatic rings. The molecule has 3 aliphatic heterocycles. The molecule has 3 saturated heterocycles. The smallest absolute Gasteiger partial charge is 0.145 e. The quantitative estimate of drug-likeness (QED) is 0.768. The maximum Gasteiger partial charge on any atom is 0.145 e. The number of nitrogens with one attached hydrogen (secondary N) is 1. The zero-order chi connectivity index (χ0) is 18.4. The van der Waals surface area contributed by atoms with Gasteiger partial charge in [-0.25, -0.2) is 9.97 Å². The van der Waals surface area contributed by atoms with E-state index in [1.165, 1.54) is 25.9 Å². The second-order valence-electron chi connectivity index (χ2n) is 7.51. The molecule has 3 fully saturated rings. The summed E-state index contributed by atoms with van der Waals surface area (Å²) in [6.45, 7) is 4.76. The summed E-state index contributed by atoms with van der Waals surface area (Å²) < 4.78 is 7.29. The molecule has 0 aromatic carbocycles. The van der Waals surface area contributed by atoms with Crippen LogP contribution in [0.25, 0.3) is 17.0 Å². The van der Waals surface area contributed by atoms with Crippen molar-refractivity contribution in [3.05, 3.63) is 36.9 Å². The number of hydrogen-bond donors (Lipinski definition) is 1. The Balaban J connectivity index is 1.44. The van der Waals surface area contributed by atoms with Crippen LogP contribution in [0.15, 0.2) is 36.9 Å². The molecule has 27 heavy (non-hydrogen) atoms. The van der Waals surface area contributed by atoms with E-state index in [1.54, 1.807) is 13.3 Å². The molecule has 0 aliphatic carbocycles. The lowest BCUT2D eigenvalue weighted by atomic mass is 9.79. The first kappa shape index (κ1) is 16.5. The number of rotatable bonds is 4. The van der Waals surface area contributed by atoms with Gasteiger partial charge in [-0.1, -0.05) is 0 Å². The fourth-order valence-corrected chi connectivity index (χ4v) is 4.55. The Hall–Kier alpha value is -2.67. The highest BCUT2D eigenvalue weighted by atomic mass is 16.5. The third-order valence-electron chi connectivity index (χ3n) is 6.11. The van der Waals surface area contributed by atoms with E-state index in [0.29, 0.717) is 12.1 Å². The molecule has 0 radical (unpaired) electrons. The van der Waals surface area contributed by atoms with Gasteiger partial charge in [0.05, 0.1) is 31.4 Å². The van der Waals surface area contributed by atoms with Gasteiger partial charge >= 0.3 is 0 Å². The van der Waals surface area contributed by atoms with Gasteiger partial charge in [-0.15, -0.1) is 0 Å². The summed E-state index contributed by atoms with van der Waals surface area (Å²) in [6, 6.07) is 4.80. The molecule has 0 saturated carbocycles. The van der Waals surface area contributed by atoms with Gasteiger partial charge in [0.15, 0.2) is 0 Å². The molecule has 0 amide bonds. The molecule has 7 nitrogen and oxygen atoms in total. The standard InChI is InChI=1S/C20H24N6O/c1-13-20(14-3-6-25(13)7-4-14)24-18-12-21-10-16(23-18)17-11-22-19-9-15(27-2)5-8-26(17)19/h5,8-14,20H,3-4,6-7H2,1-2H3,(H,23,24)/t13-,20+/m1/s1. The van der Waals surface area contributed by atoms with Crippen LogP contribution in [0.1, 0.15) is 19.8 Å². The number of anilines is 1. The molecule has 6 rings (SSSR count). The Bertz CT molecular complexity index is 960. The Kier molecular flexibility index (Phi) is 3.97. The van der Waals surface area contributed by atoms with Gasteiger partial charge in [0.25, 0.3) is 0 Å². The zero-order valence-corrected chi connectivity index (χ0v) is 15.7. The van der Waals surface area contributed by atoms with Crippen LogP contribution < -0.4 is 10.1 Å². The van der Waals surface area contributed by atoms with Gasteiger partial charge in [-0.3, -0.25) is 14.3 Å². The van der Waals surface area contributed by atoms with Crippen molar-refractivity contribution in [1.29, 1.82) is 0 Å². The Morgan fingerprint density at radius 1 is 1.19 bits per heavy atom. The van der Waals surface area contributed by atoms with Crippen molar-refractivity contribution >= 4 is 11.5 Å². The van der Waals surface area contributed by atoms with E-state index >= 15 is 0 Å². The number of ether oxygens (including phenoxy) is 1. The number of methoxy groups -OCH3 is 1. The normalized spacial score (nSPS) is 27.0. The average Bonchev–Trinajstić information content (AvgIpc) is 3.14. The van der Waals surface area contributed by atoms with E-state index in [2.05, 4.69) is 27.1 Å². The molecule has 1 N–H and O–H groups in total. The maximum absolute atomic E-state index is 5.28. The highest BCUT2D eigenvalue weighted by Crippen LogP contribution is 2.34. The highest BCUT2D eigenvalue weighted by molar-refractivity contribution is 5.61. The summed E-state index contributed by atoms with van der Waals surface area (Å²) in [7, 11) is 1.66. The fourth-order valence-electron chi connectivity index (χ4n) is 4.55. The van der Waals surface area contributed by atoms with Crippen LogP contribution in [-0.4, -0.2) is 56.5 Å². The first-order valence-electron chi connectivity index (χ1n) is 9.57. The van der Waals surface area contributed by atoms with E-state index in [4.69, 9.17) is 9.72 Å². The van der Waals surface area contributed by atoms with E-state index in [-0.39, 0.29) is 0 Å². The zero-order valence-electron chi connectivity index (χ0n) is 15.7. The van der Waals surface area contributed by atoms with Crippen molar-refractivity contribution in [2.24, 2.45) is 5.92 Å². The van der Waals surface area contributed by atoms with E-state index < -0.39 is 0 Å². The lowest BCUT2D eigenvalue weighted by Crippen LogP contribution is -2.59. The molecule has 6 heterocycles. The number of imidazole rings is 1. The number of pyridine rings is 1. The summed E-state index contributed by atoms with van der Waals surface area (Å²) in [4.78, 5) is 16.3. The number of nitrogens with zero attached hydrogens (tertiary/aromatic N) is 5. The van der Waals surface area contributed by atoms with Crippen LogP contribution in [0.3, 0.4) is 0 Å². The van der Waals surface area contributed by atoms with Crippen LogP contribution in [-0.2, 0) is 0 Å². The number of fused-ring (bicyclic) bond motifs is 4. The van der Waals surface area contributed by atoms with Gasteiger partial charge in [0, 0.05) is 24.3 Å². The van der Waals surface area contributed by atoms with Crippen molar-refractivity contribution < 1.29 is 4.74 Å². The van der Waals surface area contributed by atoms with Crippen LogP contribution in [0.4, 0.5) is 5.82 Å². The Morgan fingerprint density at radius 2 is 2.04 bits per heavy atom. The monoisotopic (exact) mass is 364 g/mol. The lowest BCUT2D eigenvalue weighted by Gasteiger charge is -2.50. The van der Waals surface area contributed by atoms with Crippen molar-refractivity contribution in [2.75, 3.05) is 25.5 Å². The van der Waals surface area contributed by atoms with E-state index in [9.17, 15) is 0 Å². The van der Waals surface area contributed by atoms with Crippen LogP contribution in [0.5, 0.6) is 5.75 Å². The molecule has 3 aromatic heterocycles. The van der Waals surface area contributed by atoms with Crippen LogP contribution in [0.2, 0.25) is 0 Å². The largest absolute Gasteiger partial charge is 0.497 e. The van der Waals surface area contributed by atoms with Gasteiger partial charge in [0.2, 0.25) is 0 Å². The lowest BCUT2D eigenvalue weighted by molar-refractivity contribution is 0.0457. The summed E-state index contributed by atoms with van der Waals surface area (Å²) in [5.74, 6) is 2.35. The Morgan fingerprint density at radius 3 is 2.81 bits per heavy atom. The third kappa shape index (κ3) is 2.82. The first-order valence-corrected chi connectivity index (χ1v) is 9.57. The molecule has 3 aliphatic rings. The SMILES string of the molecule is COc1ccn2c(-c3cncc(N[C@@H]4C5CCN(CC5)[C@@H]4C)n3)cnc2c1. The van der Waals surface area contributed by atoms with Crippen LogP contribution in [0, 0.1) is 5.92 Å². The summed E-state index contributed by atoms with van der Waals surface area (Å²) >= 11 is 0. The number of piperidine rings is 3. The number of hydrogen-bond acceptors (Lipinski definition) is 6.